The zero-order chi connectivity index (χ0) is 24.6. The van der Waals surface area contributed by atoms with Crippen molar-refractivity contribution in [1.29, 1.82) is 0 Å². The number of rotatable bonds is 9. The summed E-state index contributed by atoms with van der Waals surface area (Å²) in [6.07, 6.45) is 2.15. The predicted octanol–water partition coefficient (Wildman–Crippen LogP) is 4.80. The van der Waals surface area contributed by atoms with Crippen molar-refractivity contribution in [3.8, 4) is 0 Å². The summed E-state index contributed by atoms with van der Waals surface area (Å²) in [4.78, 5) is 29.3. The second-order valence-electron chi connectivity index (χ2n) is 8.58. The maximum absolute atomic E-state index is 12.8. The van der Waals surface area contributed by atoms with E-state index in [1.54, 1.807) is 0 Å². The van der Waals surface area contributed by atoms with Crippen molar-refractivity contribution in [2.75, 3.05) is 31.5 Å². The number of benzene rings is 2. The van der Waals surface area contributed by atoms with Gasteiger partial charge in [-0.2, -0.15) is 0 Å². The van der Waals surface area contributed by atoms with Crippen LogP contribution in [0, 0.1) is 0 Å². The number of amides is 2. The molecule has 1 aliphatic heterocycles. The molecule has 1 aliphatic rings. The lowest BCUT2D eigenvalue weighted by molar-refractivity contribution is -0.134. The van der Waals surface area contributed by atoms with E-state index in [4.69, 9.17) is 11.6 Å². The molecule has 2 amide bonds. The van der Waals surface area contributed by atoms with Gasteiger partial charge in [-0.3, -0.25) is 14.5 Å². The molecule has 0 saturated carbocycles. The van der Waals surface area contributed by atoms with Crippen LogP contribution in [0.2, 0.25) is 5.02 Å². The van der Waals surface area contributed by atoms with Crippen LogP contribution in [0.3, 0.4) is 0 Å². The highest BCUT2D eigenvalue weighted by Gasteiger charge is 2.28. The molecule has 2 aromatic carbocycles. The Kier molecular flexibility index (Phi) is 8.84. The van der Waals surface area contributed by atoms with Gasteiger partial charge in [0, 0.05) is 50.5 Å². The zero-order valence-corrected chi connectivity index (χ0v) is 21.4. The van der Waals surface area contributed by atoms with Gasteiger partial charge in [0.2, 0.25) is 16.9 Å². The molecule has 2 heterocycles. The number of carbonyl (C=O) groups excluding carboxylic acids is 2. The lowest BCUT2D eigenvalue weighted by atomic mass is 9.96. The maximum atomic E-state index is 12.8. The smallest absolute Gasteiger partial charge is 0.226 e. The minimum atomic E-state index is -0.205. The molecule has 0 aliphatic carbocycles. The number of hydrogen-bond donors (Lipinski definition) is 1. The Bertz CT molecular complexity index is 1110. The van der Waals surface area contributed by atoms with Crippen molar-refractivity contribution in [3.63, 3.8) is 0 Å². The van der Waals surface area contributed by atoms with Crippen molar-refractivity contribution in [3.05, 3.63) is 75.8 Å². The third-order valence-corrected chi connectivity index (χ3v) is 7.23. The van der Waals surface area contributed by atoms with Gasteiger partial charge in [-0.05, 0) is 29.7 Å². The Hall–Kier alpha value is -2.81. The predicted molar refractivity (Wildman–Crippen MR) is 140 cm³/mol. The molecular formula is C26H30ClN5O2S. The van der Waals surface area contributed by atoms with Crippen molar-refractivity contribution in [2.24, 2.45) is 0 Å². The molecule has 3 aromatic rings. The van der Waals surface area contributed by atoms with Gasteiger partial charge in [-0.15, -0.1) is 10.2 Å². The van der Waals surface area contributed by atoms with Crippen molar-refractivity contribution in [2.45, 2.75) is 38.6 Å². The summed E-state index contributed by atoms with van der Waals surface area (Å²) in [5, 5.41) is 12.9. The first-order valence-corrected chi connectivity index (χ1v) is 13.2. The van der Waals surface area contributed by atoms with Gasteiger partial charge < -0.3 is 10.2 Å². The highest BCUT2D eigenvalue weighted by atomic mass is 35.5. The Morgan fingerprint density at radius 2 is 1.66 bits per heavy atom. The minimum Gasteiger partial charge on any atom is -0.340 e. The molecule has 1 aromatic heterocycles. The second kappa shape index (κ2) is 12.2. The van der Waals surface area contributed by atoms with E-state index in [1.807, 2.05) is 23.1 Å². The van der Waals surface area contributed by atoms with Crippen molar-refractivity contribution < 1.29 is 9.59 Å². The molecule has 9 heteroatoms. The van der Waals surface area contributed by atoms with Crippen LogP contribution in [0.15, 0.2) is 54.6 Å². The first-order valence-electron chi connectivity index (χ1n) is 12.0. The van der Waals surface area contributed by atoms with E-state index in [0.29, 0.717) is 23.2 Å². The van der Waals surface area contributed by atoms with Gasteiger partial charge in [-0.25, -0.2) is 0 Å². The summed E-state index contributed by atoms with van der Waals surface area (Å²) < 4.78 is 0. The average molecular weight is 512 g/mol. The first kappa shape index (κ1) is 25.3. The zero-order valence-electron chi connectivity index (χ0n) is 19.8. The number of carbonyl (C=O) groups is 2. The van der Waals surface area contributed by atoms with Crippen LogP contribution >= 0.6 is 22.9 Å². The molecule has 7 nitrogen and oxygen atoms in total. The minimum absolute atomic E-state index is 0.00601. The Labute approximate surface area is 215 Å². The third kappa shape index (κ3) is 6.87. The van der Waals surface area contributed by atoms with E-state index in [1.165, 1.54) is 22.5 Å². The number of nitrogens with one attached hydrogen (secondary N) is 1. The van der Waals surface area contributed by atoms with E-state index in [9.17, 15) is 9.59 Å². The van der Waals surface area contributed by atoms with E-state index < -0.39 is 0 Å². The van der Waals surface area contributed by atoms with Gasteiger partial charge >= 0.3 is 0 Å². The Balaban J connectivity index is 1.30. The average Bonchev–Trinajstić information content (AvgIpc) is 3.32. The summed E-state index contributed by atoms with van der Waals surface area (Å²) in [5.74, 6) is -0.199. The summed E-state index contributed by atoms with van der Waals surface area (Å²) in [5.41, 5.74) is 2.39. The molecule has 35 heavy (non-hydrogen) atoms. The van der Waals surface area contributed by atoms with E-state index in [-0.39, 0.29) is 30.7 Å². The molecule has 1 fully saturated rings. The Morgan fingerprint density at radius 1 is 0.971 bits per heavy atom. The number of piperazine rings is 1. The Morgan fingerprint density at radius 3 is 2.34 bits per heavy atom. The van der Waals surface area contributed by atoms with Gasteiger partial charge in [-0.1, -0.05) is 72.3 Å². The maximum Gasteiger partial charge on any atom is 0.226 e. The number of aryl methyl sites for hydroxylation is 1. The second-order valence-corrected chi connectivity index (χ2v) is 10.1. The highest BCUT2D eigenvalue weighted by molar-refractivity contribution is 7.15. The number of halogens is 1. The van der Waals surface area contributed by atoms with Crippen LogP contribution in [0.5, 0.6) is 0 Å². The van der Waals surface area contributed by atoms with Gasteiger partial charge in [0.1, 0.15) is 5.01 Å². The van der Waals surface area contributed by atoms with Crippen LogP contribution in [0.1, 0.15) is 48.4 Å². The molecule has 0 bridgehead atoms. The van der Waals surface area contributed by atoms with Crippen LogP contribution in [-0.4, -0.2) is 58.0 Å². The summed E-state index contributed by atoms with van der Waals surface area (Å²) in [6, 6.07) is 18.5. The summed E-state index contributed by atoms with van der Waals surface area (Å²) in [6.45, 7) is 4.85. The van der Waals surface area contributed by atoms with E-state index in [2.05, 4.69) is 63.7 Å². The van der Waals surface area contributed by atoms with Gasteiger partial charge in [0.15, 0.2) is 0 Å². The summed E-state index contributed by atoms with van der Waals surface area (Å²) in [7, 11) is 0. The molecule has 1 N–H and O–H groups in total. The third-order valence-electron chi connectivity index (χ3n) is 6.08. The molecule has 0 spiro atoms. The number of aromatic nitrogens is 2. The molecule has 184 valence electrons. The van der Waals surface area contributed by atoms with Gasteiger partial charge in [0.05, 0.1) is 6.04 Å². The topological polar surface area (TPSA) is 78.4 Å². The van der Waals surface area contributed by atoms with Crippen LogP contribution in [-0.2, 0) is 16.0 Å². The van der Waals surface area contributed by atoms with Crippen LogP contribution in [0.25, 0.3) is 0 Å². The standard InChI is InChI=1S/C26H30ClN5O2S/c1-2-6-23-29-30-26(35-23)28-22(33)13-14-24(34)31-15-17-32(18-16-31)25(19-7-4-3-5-8-19)20-9-11-21(27)12-10-20/h3-5,7-12,25H,2,6,13-18H2,1H3,(H,28,30,33). The van der Waals surface area contributed by atoms with Crippen LogP contribution in [0.4, 0.5) is 5.13 Å². The highest BCUT2D eigenvalue weighted by Crippen LogP contribution is 2.30. The normalized spacial score (nSPS) is 15.1. The fourth-order valence-electron chi connectivity index (χ4n) is 4.30. The van der Waals surface area contributed by atoms with Gasteiger partial charge in [0.25, 0.3) is 0 Å². The number of hydrogen-bond acceptors (Lipinski definition) is 6. The fourth-order valence-corrected chi connectivity index (χ4v) is 5.29. The molecular weight excluding hydrogens is 482 g/mol. The quantitative estimate of drug-likeness (QED) is 0.446. The first-order chi connectivity index (χ1) is 17.0. The van der Waals surface area contributed by atoms with Crippen molar-refractivity contribution in [1.82, 2.24) is 20.0 Å². The monoisotopic (exact) mass is 511 g/mol. The summed E-state index contributed by atoms with van der Waals surface area (Å²) >= 11 is 7.51. The lowest BCUT2D eigenvalue weighted by Gasteiger charge is -2.40. The number of anilines is 1. The molecule has 1 unspecified atom stereocenters. The van der Waals surface area contributed by atoms with Crippen molar-refractivity contribution >= 4 is 39.9 Å². The largest absolute Gasteiger partial charge is 0.340 e. The fraction of sp³-hybridized carbons (Fsp3) is 0.385. The molecule has 1 atom stereocenters. The molecule has 0 radical (unpaired) electrons. The van der Waals surface area contributed by atoms with Crippen LogP contribution < -0.4 is 5.32 Å². The molecule has 1 saturated heterocycles. The van der Waals surface area contributed by atoms with E-state index >= 15 is 0 Å². The SMILES string of the molecule is CCCc1nnc(NC(=O)CCC(=O)N2CCN(C(c3ccccc3)c3ccc(Cl)cc3)CC2)s1. The molecule has 4 rings (SSSR count). The van der Waals surface area contributed by atoms with E-state index in [0.717, 1.165) is 30.9 Å². The number of nitrogens with zero attached hydrogens (tertiary/aromatic N) is 4. The lowest BCUT2D eigenvalue weighted by Crippen LogP contribution is -2.50.